The van der Waals surface area contributed by atoms with Crippen LogP contribution in [0, 0.1) is 18.3 Å². The van der Waals surface area contributed by atoms with Gasteiger partial charge in [0.15, 0.2) is 0 Å². The molecule has 10 nitrogen and oxygen atoms in total. The fourth-order valence-electron chi connectivity index (χ4n) is 4.44. The molecule has 0 radical (unpaired) electrons. The van der Waals surface area contributed by atoms with Crippen molar-refractivity contribution in [1.29, 1.82) is 5.26 Å². The van der Waals surface area contributed by atoms with Crippen LogP contribution in [0.15, 0.2) is 12.3 Å². The normalized spacial score (nSPS) is 24.7. The molecule has 1 aromatic rings. The van der Waals surface area contributed by atoms with Crippen molar-refractivity contribution < 1.29 is 23.9 Å². The van der Waals surface area contributed by atoms with E-state index >= 15 is 0 Å². The van der Waals surface area contributed by atoms with Crippen LogP contribution in [0.25, 0.3) is 0 Å². The molecule has 0 N–H and O–H groups in total. The Hall–Kier alpha value is -3.48. The van der Waals surface area contributed by atoms with Crippen LogP contribution in [0.1, 0.15) is 30.5 Å². The van der Waals surface area contributed by atoms with Crippen LogP contribution in [-0.2, 0) is 19.1 Å². The molecule has 0 aromatic carbocycles. The number of aryl methyl sites for hydroxylation is 1. The van der Waals surface area contributed by atoms with E-state index in [1.165, 1.54) is 13.3 Å². The van der Waals surface area contributed by atoms with Gasteiger partial charge in [-0.2, -0.15) is 5.26 Å². The van der Waals surface area contributed by atoms with E-state index in [-0.39, 0.29) is 30.5 Å². The Labute approximate surface area is 166 Å². The first-order chi connectivity index (χ1) is 13.9. The number of anilines is 1. The number of carbonyl (C=O) groups excluding carboxylic acids is 4. The number of likely N-dealkylation sites (tertiary alicyclic amines) is 1. The van der Waals surface area contributed by atoms with Crippen molar-refractivity contribution in [2.45, 2.75) is 44.3 Å². The van der Waals surface area contributed by atoms with Gasteiger partial charge in [-0.1, -0.05) is 0 Å². The molecule has 1 aromatic heterocycles. The Balaban J connectivity index is 1.55. The van der Waals surface area contributed by atoms with Crippen molar-refractivity contribution in [3.05, 3.63) is 23.5 Å². The maximum absolute atomic E-state index is 13.1. The molecule has 2 bridgehead atoms. The number of carbonyl (C=O) groups is 4. The van der Waals surface area contributed by atoms with E-state index < -0.39 is 30.0 Å². The largest absolute Gasteiger partial charge is 0.469 e. The fourth-order valence-corrected chi connectivity index (χ4v) is 4.44. The Kier molecular flexibility index (Phi) is 4.45. The van der Waals surface area contributed by atoms with Gasteiger partial charge >= 0.3 is 12.0 Å². The molecule has 4 rings (SSSR count). The maximum atomic E-state index is 13.1. The third-order valence-electron chi connectivity index (χ3n) is 5.78. The summed E-state index contributed by atoms with van der Waals surface area (Å²) in [6.45, 7) is 2.03. The van der Waals surface area contributed by atoms with Gasteiger partial charge in [0.25, 0.3) is 5.91 Å². The quantitative estimate of drug-likeness (QED) is 0.530. The average Bonchev–Trinajstić information content (AvgIpc) is 3.37. The number of methoxy groups -OCH3 is 1. The van der Waals surface area contributed by atoms with Gasteiger partial charge in [-0.25, -0.2) is 14.7 Å². The molecule has 3 aliphatic rings. The molecule has 150 valence electrons. The summed E-state index contributed by atoms with van der Waals surface area (Å²) < 4.78 is 4.57. The number of pyridine rings is 1. The standard InChI is InChI=1S/C19H19N5O5/c1-10-5-11(8-21-13(10)7-20)24-18(27)17-14-6-12(23(17)19(24)28)9-22(14)15(25)3-4-16(26)29-2/h5,8,12,14,17H,3-4,6,9H2,1-2H3/t12-,14?,17-/m1/s1. The van der Waals surface area contributed by atoms with Crippen molar-refractivity contribution in [3.8, 4) is 6.07 Å². The first-order valence-electron chi connectivity index (χ1n) is 9.26. The van der Waals surface area contributed by atoms with E-state index in [2.05, 4.69) is 9.72 Å². The summed E-state index contributed by atoms with van der Waals surface area (Å²) in [5.74, 6) is -1.10. The lowest BCUT2D eigenvalue weighted by Crippen LogP contribution is -2.54. The number of esters is 1. The minimum absolute atomic E-state index is 0.00714. The van der Waals surface area contributed by atoms with Crippen molar-refractivity contribution in [1.82, 2.24) is 14.8 Å². The number of nitrogens with zero attached hydrogens (tertiary/aromatic N) is 5. The van der Waals surface area contributed by atoms with Gasteiger partial charge < -0.3 is 14.5 Å². The number of aromatic nitrogens is 1. The van der Waals surface area contributed by atoms with Crippen molar-refractivity contribution in [3.63, 3.8) is 0 Å². The predicted molar refractivity (Wildman–Crippen MR) is 97.4 cm³/mol. The summed E-state index contributed by atoms with van der Waals surface area (Å²) in [6, 6.07) is 1.74. The SMILES string of the molecule is COC(=O)CCC(=O)N1C[C@H]2CC1[C@@H]1C(=O)N(c3cnc(C#N)c(C)c3)C(=O)N21. The van der Waals surface area contributed by atoms with Crippen LogP contribution < -0.4 is 4.90 Å². The number of nitriles is 1. The van der Waals surface area contributed by atoms with E-state index in [0.717, 1.165) is 4.90 Å². The van der Waals surface area contributed by atoms with Crippen molar-refractivity contribution in [2.75, 3.05) is 18.6 Å². The van der Waals surface area contributed by atoms with Crippen molar-refractivity contribution >= 4 is 29.5 Å². The number of rotatable bonds is 4. The second-order valence-electron chi connectivity index (χ2n) is 7.36. The zero-order chi connectivity index (χ0) is 20.9. The number of imide groups is 1. The molecule has 4 heterocycles. The van der Waals surface area contributed by atoms with Gasteiger partial charge in [0, 0.05) is 13.0 Å². The summed E-state index contributed by atoms with van der Waals surface area (Å²) in [5, 5.41) is 9.03. The molecule has 1 unspecified atom stereocenters. The van der Waals surface area contributed by atoms with Crippen LogP contribution in [0.4, 0.5) is 10.5 Å². The number of hydrogen-bond donors (Lipinski definition) is 0. The summed E-state index contributed by atoms with van der Waals surface area (Å²) in [5.41, 5.74) is 1.12. The molecule has 3 fully saturated rings. The molecule has 3 atom stereocenters. The number of hydrogen-bond acceptors (Lipinski definition) is 7. The van der Waals surface area contributed by atoms with Crippen LogP contribution >= 0.6 is 0 Å². The maximum Gasteiger partial charge on any atom is 0.332 e. The van der Waals surface area contributed by atoms with Gasteiger partial charge in [0.1, 0.15) is 17.8 Å². The molecule has 0 saturated carbocycles. The highest BCUT2D eigenvalue weighted by molar-refractivity contribution is 6.22. The van der Waals surface area contributed by atoms with Gasteiger partial charge in [-0.05, 0) is 25.0 Å². The Morgan fingerprint density at radius 1 is 1.34 bits per heavy atom. The molecule has 3 saturated heterocycles. The smallest absolute Gasteiger partial charge is 0.332 e. The highest BCUT2D eigenvalue weighted by atomic mass is 16.5. The first-order valence-corrected chi connectivity index (χ1v) is 9.26. The average molecular weight is 397 g/mol. The molecule has 29 heavy (non-hydrogen) atoms. The zero-order valence-corrected chi connectivity index (χ0v) is 16.0. The lowest BCUT2D eigenvalue weighted by molar-refractivity contribution is -0.144. The van der Waals surface area contributed by atoms with E-state index in [1.54, 1.807) is 22.8 Å². The highest BCUT2D eigenvalue weighted by Gasteiger charge is 2.62. The van der Waals surface area contributed by atoms with E-state index in [4.69, 9.17) is 5.26 Å². The second kappa shape index (κ2) is 6.84. The lowest BCUT2D eigenvalue weighted by Gasteiger charge is -2.34. The summed E-state index contributed by atoms with van der Waals surface area (Å²) in [4.78, 5) is 58.1. The number of fused-ring (bicyclic) bond motifs is 5. The molecule has 4 amide bonds. The molecule has 0 aliphatic carbocycles. The van der Waals surface area contributed by atoms with E-state index in [1.807, 2.05) is 6.07 Å². The topological polar surface area (TPSA) is 124 Å². The minimum Gasteiger partial charge on any atom is -0.469 e. The number of ether oxygens (including phenoxy) is 1. The van der Waals surface area contributed by atoms with Gasteiger partial charge in [0.05, 0.1) is 37.5 Å². The Morgan fingerprint density at radius 2 is 2.10 bits per heavy atom. The summed E-state index contributed by atoms with van der Waals surface area (Å²) >= 11 is 0. The predicted octanol–water partition coefficient (Wildman–Crippen LogP) is 0.335. The fraction of sp³-hybridized carbons (Fsp3) is 0.474. The summed E-state index contributed by atoms with van der Waals surface area (Å²) in [6.07, 6.45) is 1.87. The van der Waals surface area contributed by atoms with Gasteiger partial charge in [0.2, 0.25) is 5.91 Å². The first kappa shape index (κ1) is 18.9. The number of amides is 4. The lowest BCUT2D eigenvalue weighted by atomic mass is 10.1. The molecular formula is C19H19N5O5. The minimum atomic E-state index is -0.737. The number of piperazine rings is 1. The molecular weight excluding hydrogens is 378 g/mol. The van der Waals surface area contributed by atoms with Crippen LogP contribution in [0.5, 0.6) is 0 Å². The molecule has 0 spiro atoms. The van der Waals surface area contributed by atoms with E-state index in [9.17, 15) is 19.2 Å². The highest BCUT2D eigenvalue weighted by Crippen LogP contribution is 2.42. The van der Waals surface area contributed by atoms with Crippen LogP contribution in [0.3, 0.4) is 0 Å². The summed E-state index contributed by atoms with van der Waals surface area (Å²) in [7, 11) is 1.26. The van der Waals surface area contributed by atoms with Gasteiger partial charge in [-0.15, -0.1) is 0 Å². The Morgan fingerprint density at radius 3 is 2.76 bits per heavy atom. The van der Waals surface area contributed by atoms with E-state index in [0.29, 0.717) is 24.2 Å². The number of urea groups is 1. The third-order valence-corrected chi connectivity index (χ3v) is 5.78. The molecule has 3 aliphatic heterocycles. The van der Waals surface area contributed by atoms with Gasteiger partial charge in [-0.3, -0.25) is 14.4 Å². The molecule has 10 heteroatoms. The van der Waals surface area contributed by atoms with Crippen LogP contribution in [0.2, 0.25) is 0 Å². The monoisotopic (exact) mass is 397 g/mol. The Bertz CT molecular complexity index is 970. The third kappa shape index (κ3) is 2.81. The zero-order valence-electron chi connectivity index (χ0n) is 16.0. The second-order valence-corrected chi connectivity index (χ2v) is 7.36. The van der Waals surface area contributed by atoms with Crippen molar-refractivity contribution in [2.24, 2.45) is 0 Å². The van der Waals surface area contributed by atoms with Crippen LogP contribution in [-0.4, -0.2) is 70.4 Å².